The molecule has 8 nitrogen and oxygen atoms in total. The van der Waals surface area contributed by atoms with Gasteiger partial charge >= 0.3 is 0 Å². The molecule has 1 saturated carbocycles. The Morgan fingerprint density at radius 3 is 2.78 bits per heavy atom. The van der Waals surface area contributed by atoms with E-state index < -0.39 is 11.6 Å². The number of rotatable bonds is 4. The molecule has 3 heterocycles. The normalized spacial score (nSPS) is 21.5. The molecule has 3 unspecified atom stereocenters. The summed E-state index contributed by atoms with van der Waals surface area (Å²) in [6.45, 7) is 7.40. The fourth-order valence-electron chi connectivity index (χ4n) is 5.13. The van der Waals surface area contributed by atoms with Crippen LogP contribution in [0, 0.1) is 6.57 Å². The van der Waals surface area contributed by atoms with Gasteiger partial charge in [-0.3, -0.25) is 4.79 Å². The maximum atomic E-state index is 13.0. The largest absolute Gasteiger partial charge is 0.457 e. The third-order valence-corrected chi connectivity index (χ3v) is 7.32. The number of ether oxygens (including phenoxy) is 1. The summed E-state index contributed by atoms with van der Waals surface area (Å²) in [5.74, 6) is 1.09. The quantitative estimate of drug-likeness (QED) is 0.271. The highest BCUT2D eigenvalue weighted by molar-refractivity contribution is 6.31. The molecule has 4 N–H and O–H groups in total. The van der Waals surface area contributed by atoms with Crippen molar-refractivity contribution in [3.63, 3.8) is 0 Å². The van der Waals surface area contributed by atoms with Gasteiger partial charge in [0.15, 0.2) is 0 Å². The maximum absolute atomic E-state index is 13.0. The number of amides is 1. The number of fused-ring (bicyclic) bond motifs is 3. The maximum Gasteiger partial charge on any atom is 0.250 e. The Hall–Kier alpha value is -4.06. The van der Waals surface area contributed by atoms with Crippen LogP contribution in [0.4, 0.5) is 11.4 Å². The number of benzene rings is 2. The van der Waals surface area contributed by atoms with E-state index in [1.807, 2.05) is 30.3 Å². The number of aromatic nitrogens is 2. The van der Waals surface area contributed by atoms with Crippen molar-refractivity contribution in [2.45, 2.75) is 36.9 Å². The minimum Gasteiger partial charge on any atom is -0.457 e. The zero-order valence-electron chi connectivity index (χ0n) is 19.1. The van der Waals surface area contributed by atoms with Crippen molar-refractivity contribution in [1.29, 1.82) is 0 Å². The van der Waals surface area contributed by atoms with Crippen molar-refractivity contribution < 1.29 is 14.6 Å². The van der Waals surface area contributed by atoms with E-state index in [0.717, 1.165) is 0 Å². The van der Waals surface area contributed by atoms with Gasteiger partial charge in [0.2, 0.25) is 11.9 Å². The third kappa shape index (κ3) is 3.65. The number of carbonyl (C=O) groups excluding carboxylic acids is 1. The molecule has 0 saturated heterocycles. The minimum absolute atomic E-state index is 0.156. The Bertz CT molecular complexity index is 1530. The van der Waals surface area contributed by atoms with E-state index in [0.29, 0.717) is 69.3 Å². The van der Waals surface area contributed by atoms with Crippen LogP contribution < -0.4 is 15.4 Å². The minimum atomic E-state index is -1.06. The molecule has 1 fully saturated rings. The Morgan fingerprint density at radius 1 is 1.19 bits per heavy atom. The highest BCUT2D eigenvalue weighted by Crippen LogP contribution is 2.46. The van der Waals surface area contributed by atoms with Gasteiger partial charge in [-0.1, -0.05) is 35.9 Å². The number of H-pyrrole nitrogens is 1. The van der Waals surface area contributed by atoms with Crippen LogP contribution >= 0.6 is 11.6 Å². The van der Waals surface area contributed by atoms with Crippen LogP contribution in [0.1, 0.15) is 36.5 Å². The second-order valence-corrected chi connectivity index (χ2v) is 9.61. The number of anilines is 2. The van der Waals surface area contributed by atoms with Crippen molar-refractivity contribution in [3.8, 4) is 11.5 Å². The van der Waals surface area contributed by atoms with Gasteiger partial charge in [-0.25, -0.2) is 11.6 Å². The molecule has 36 heavy (non-hydrogen) atoms. The lowest BCUT2D eigenvalue weighted by Gasteiger charge is -2.35. The SMILES string of the molecule is [C-]#[N+]C1CCC2(C1)Nc1c(cnc3[nH]cc(C(O)c4ccc(Oc5ccccc5)cc4Cl)c13)NC2=O. The highest BCUT2D eigenvalue weighted by atomic mass is 35.5. The highest BCUT2D eigenvalue weighted by Gasteiger charge is 2.51. The van der Waals surface area contributed by atoms with E-state index in [-0.39, 0.29) is 11.9 Å². The number of aromatic amines is 1. The predicted molar refractivity (Wildman–Crippen MR) is 137 cm³/mol. The monoisotopic (exact) mass is 499 g/mol. The summed E-state index contributed by atoms with van der Waals surface area (Å²) in [6, 6.07) is 14.3. The van der Waals surface area contributed by atoms with Gasteiger partial charge < -0.3 is 30.3 Å². The Balaban J connectivity index is 1.36. The fraction of sp³-hybridized carbons (Fsp3) is 0.222. The van der Waals surface area contributed by atoms with Gasteiger partial charge in [0.25, 0.3) is 0 Å². The standard InChI is InChI=1S/C27H22ClN5O3/c1-29-15-9-10-27(12-15)26(35)32-21-14-31-25-22(23(21)33-27)19(13-30-25)24(34)18-8-7-17(11-20(18)28)36-16-5-3-2-4-6-16/h2-8,11,13-15,24,33-34H,9-10,12H2,(H,30,31)(H,32,35). The lowest BCUT2D eigenvalue weighted by molar-refractivity contribution is -0.120. The van der Waals surface area contributed by atoms with Crippen LogP contribution in [-0.2, 0) is 4.79 Å². The predicted octanol–water partition coefficient (Wildman–Crippen LogP) is 5.66. The van der Waals surface area contributed by atoms with Crippen LogP contribution in [0.15, 0.2) is 60.9 Å². The summed E-state index contributed by atoms with van der Waals surface area (Å²) in [6.07, 6.45) is 3.89. The van der Waals surface area contributed by atoms with Crippen molar-refractivity contribution in [1.82, 2.24) is 9.97 Å². The van der Waals surface area contributed by atoms with Gasteiger partial charge in [-0.05, 0) is 30.7 Å². The summed E-state index contributed by atoms with van der Waals surface area (Å²) in [7, 11) is 0. The second kappa shape index (κ2) is 8.55. The molecule has 4 aromatic rings. The van der Waals surface area contributed by atoms with Crippen LogP contribution in [0.25, 0.3) is 15.9 Å². The van der Waals surface area contributed by atoms with Crippen molar-refractivity contribution in [3.05, 3.63) is 88.5 Å². The van der Waals surface area contributed by atoms with Crippen LogP contribution in [-0.4, -0.2) is 32.6 Å². The molecule has 0 radical (unpaired) electrons. The van der Waals surface area contributed by atoms with Crippen molar-refractivity contribution in [2.75, 3.05) is 10.6 Å². The summed E-state index contributed by atoms with van der Waals surface area (Å²) >= 11 is 6.58. The molecule has 2 aromatic carbocycles. The van der Waals surface area contributed by atoms with Crippen LogP contribution in [0.3, 0.4) is 0 Å². The molecule has 1 aliphatic heterocycles. The first-order chi connectivity index (χ1) is 17.5. The third-order valence-electron chi connectivity index (χ3n) is 6.99. The Kier molecular flexibility index (Phi) is 5.32. The number of hydrogen-bond acceptors (Lipinski definition) is 5. The number of hydrogen-bond donors (Lipinski definition) is 4. The number of halogens is 1. The van der Waals surface area contributed by atoms with Gasteiger partial charge in [-0.15, -0.1) is 0 Å². The smallest absolute Gasteiger partial charge is 0.250 e. The number of carbonyl (C=O) groups is 1. The average molecular weight is 500 g/mol. The first-order valence-corrected chi connectivity index (χ1v) is 12.0. The lowest BCUT2D eigenvalue weighted by Crippen LogP contribution is -2.51. The van der Waals surface area contributed by atoms with Crippen LogP contribution in [0.5, 0.6) is 11.5 Å². The molecule has 2 aliphatic rings. The molecule has 2 aromatic heterocycles. The molecule has 0 bridgehead atoms. The van der Waals surface area contributed by atoms with Gasteiger partial charge in [-0.2, -0.15) is 0 Å². The van der Waals surface area contributed by atoms with Gasteiger partial charge in [0.1, 0.15) is 28.8 Å². The first kappa shape index (κ1) is 22.4. The van der Waals surface area contributed by atoms with Gasteiger partial charge in [0, 0.05) is 23.7 Å². The van der Waals surface area contributed by atoms with E-state index in [4.69, 9.17) is 22.9 Å². The zero-order valence-corrected chi connectivity index (χ0v) is 19.8. The zero-order chi connectivity index (χ0) is 24.9. The van der Waals surface area contributed by atoms with E-state index in [2.05, 4.69) is 25.4 Å². The molecule has 1 spiro atoms. The van der Waals surface area contributed by atoms with E-state index in [9.17, 15) is 9.90 Å². The molecule has 1 aliphatic carbocycles. The Labute approximate surface area is 212 Å². The number of para-hydroxylation sites is 1. The van der Waals surface area contributed by atoms with E-state index in [1.165, 1.54) is 0 Å². The van der Waals surface area contributed by atoms with Crippen molar-refractivity contribution in [2.24, 2.45) is 0 Å². The average Bonchev–Trinajstić information content (AvgIpc) is 3.51. The van der Waals surface area contributed by atoms with Crippen molar-refractivity contribution >= 4 is 39.9 Å². The summed E-state index contributed by atoms with van der Waals surface area (Å²) < 4.78 is 5.86. The second-order valence-electron chi connectivity index (χ2n) is 9.20. The number of nitrogens with one attached hydrogen (secondary N) is 3. The van der Waals surface area contributed by atoms with Gasteiger partial charge in [0.05, 0.1) is 34.4 Å². The first-order valence-electron chi connectivity index (χ1n) is 11.6. The molecular formula is C27H22ClN5O3. The number of nitrogens with zero attached hydrogens (tertiary/aromatic N) is 2. The fourth-order valence-corrected chi connectivity index (χ4v) is 5.41. The molecular weight excluding hydrogens is 478 g/mol. The molecule has 180 valence electrons. The van der Waals surface area contributed by atoms with E-state index >= 15 is 0 Å². The molecule has 9 heteroatoms. The topological polar surface area (TPSA) is 104 Å². The number of aliphatic hydroxyl groups is 1. The molecule has 3 atom stereocenters. The number of aliphatic hydroxyl groups excluding tert-OH is 1. The Morgan fingerprint density at radius 2 is 2.03 bits per heavy atom. The molecule has 1 amide bonds. The summed E-state index contributed by atoms with van der Waals surface area (Å²) in [5.41, 5.74) is 2.02. The summed E-state index contributed by atoms with van der Waals surface area (Å²) in [4.78, 5) is 24.2. The molecule has 6 rings (SSSR count). The number of pyridine rings is 1. The van der Waals surface area contributed by atoms with Crippen LogP contribution in [0.2, 0.25) is 5.02 Å². The summed E-state index contributed by atoms with van der Waals surface area (Å²) in [5, 5.41) is 18.8. The lowest BCUT2D eigenvalue weighted by atomic mass is 9.91. The van der Waals surface area contributed by atoms with E-state index in [1.54, 1.807) is 30.6 Å².